The van der Waals surface area contributed by atoms with Gasteiger partial charge in [0.25, 0.3) is 5.91 Å². The molecule has 1 unspecified atom stereocenters. The molecule has 0 radical (unpaired) electrons. The summed E-state index contributed by atoms with van der Waals surface area (Å²) in [7, 11) is 0. The zero-order chi connectivity index (χ0) is 16.9. The number of hydrogen-bond acceptors (Lipinski definition) is 4. The molecule has 3 rings (SSSR count). The molecule has 4 nitrogen and oxygen atoms in total. The molecule has 1 aliphatic rings. The summed E-state index contributed by atoms with van der Waals surface area (Å²) in [5, 5.41) is 14.7. The number of amides is 1. The normalized spacial score (nSPS) is 16.8. The third kappa shape index (κ3) is 3.97. The number of anilines is 1. The number of nitrogens with one attached hydrogen (secondary N) is 1. The van der Waals surface area contributed by atoms with Crippen LogP contribution in [-0.2, 0) is 0 Å². The van der Waals surface area contributed by atoms with Crippen molar-refractivity contribution in [3.8, 4) is 0 Å². The summed E-state index contributed by atoms with van der Waals surface area (Å²) in [6, 6.07) is 11.9. The Labute approximate surface area is 147 Å². The lowest BCUT2D eigenvalue weighted by atomic mass is 10.1. The second kappa shape index (κ2) is 7.81. The zero-order valence-corrected chi connectivity index (χ0v) is 14.8. The number of benzene rings is 1. The molecule has 5 heteroatoms. The van der Waals surface area contributed by atoms with E-state index in [-0.39, 0.29) is 18.1 Å². The van der Waals surface area contributed by atoms with Crippen molar-refractivity contribution < 1.29 is 9.90 Å². The van der Waals surface area contributed by atoms with Crippen molar-refractivity contribution in [3.05, 3.63) is 52.2 Å². The summed E-state index contributed by atoms with van der Waals surface area (Å²) >= 11 is 1.67. The average molecular weight is 344 g/mol. The second-order valence-electron chi connectivity index (χ2n) is 6.21. The van der Waals surface area contributed by atoms with Crippen molar-refractivity contribution in [3.63, 3.8) is 0 Å². The SMILES string of the molecule is CCC(NC(=O)c1ccc(N2CCC(O)CC2)cc1)c1cccs1. The second-order valence-corrected chi connectivity index (χ2v) is 7.19. The maximum absolute atomic E-state index is 12.5. The van der Waals surface area contributed by atoms with Crippen LogP contribution < -0.4 is 10.2 Å². The van der Waals surface area contributed by atoms with Crippen LogP contribution in [0.15, 0.2) is 41.8 Å². The molecule has 2 N–H and O–H groups in total. The summed E-state index contributed by atoms with van der Waals surface area (Å²) < 4.78 is 0. The van der Waals surface area contributed by atoms with Crippen LogP contribution in [-0.4, -0.2) is 30.2 Å². The van der Waals surface area contributed by atoms with Crippen LogP contribution in [0.4, 0.5) is 5.69 Å². The van der Waals surface area contributed by atoms with Crippen LogP contribution in [0.1, 0.15) is 47.5 Å². The number of carbonyl (C=O) groups excluding carboxylic acids is 1. The van der Waals surface area contributed by atoms with Crippen LogP contribution in [0.3, 0.4) is 0 Å². The number of carbonyl (C=O) groups is 1. The fraction of sp³-hybridized carbons (Fsp3) is 0.421. The van der Waals surface area contributed by atoms with Crippen molar-refractivity contribution in [1.29, 1.82) is 0 Å². The van der Waals surface area contributed by atoms with E-state index >= 15 is 0 Å². The highest BCUT2D eigenvalue weighted by Crippen LogP contribution is 2.23. The molecule has 1 atom stereocenters. The van der Waals surface area contributed by atoms with E-state index in [4.69, 9.17) is 0 Å². The molecule has 0 bridgehead atoms. The lowest BCUT2D eigenvalue weighted by molar-refractivity contribution is 0.0936. The Morgan fingerprint density at radius 1 is 1.29 bits per heavy atom. The lowest BCUT2D eigenvalue weighted by Gasteiger charge is -2.31. The van der Waals surface area contributed by atoms with E-state index < -0.39 is 0 Å². The quantitative estimate of drug-likeness (QED) is 0.871. The van der Waals surface area contributed by atoms with Crippen LogP contribution in [0, 0.1) is 0 Å². The molecule has 0 aliphatic carbocycles. The first-order chi connectivity index (χ1) is 11.7. The van der Waals surface area contributed by atoms with Gasteiger partial charge in [0.15, 0.2) is 0 Å². The van der Waals surface area contributed by atoms with Gasteiger partial charge in [-0.1, -0.05) is 13.0 Å². The van der Waals surface area contributed by atoms with Crippen molar-refractivity contribution in [2.45, 2.75) is 38.3 Å². The van der Waals surface area contributed by atoms with E-state index in [2.05, 4.69) is 23.2 Å². The summed E-state index contributed by atoms with van der Waals surface area (Å²) in [6.45, 7) is 3.81. The predicted octanol–water partition coefficient (Wildman–Crippen LogP) is 3.59. The van der Waals surface area contributed by atoms with E-state index in [0.717, 1.165) is 38.0 Å². The summed E-state index contributed by atoms with van der Waals surface area (Å²) in [5.74, 6) is -0.0316. The van der Waals surface area contributed by atoms with Gasteiger partial charge in [0.1, 0.15) is 0 Å². The first-order valence-corrected chi connectivity index (χ1v) is 9.42. The Kier molecular flexibility index (Phi) is 5.53. The maximum atomic E-state index is 12.5. The molecule has 2 heterocycles. The van der Waals surface area contributed by atoms with Gasteiger partial charge in [0.2, 0.25) is 0 Å². The molecule has 24 heavy (non-hydrogen) atoms. The van der Waals surface area contributed by atoms with E-state index in [0.29, 0.717) is 5.56 Å². The zero-order valence-electron chi connectivity index (χ0n) is 13.9. The van der Waals surface area contributed by atoms with Gasteiger partial charge in [0.05, 0.1) is 12.1 Å². The number of piperidine rings is 1. The Balaban J connectivity index is 1.63. The number of hydrogen-bond donors (Lipinski definition) is 2. The molecule has 1 saturated heterocycles. The first-order valence-electron chi connectivity index (χ1n) is 8.54. The molecular weight excluding hydrogens is 320 g/mol. The highest BCUT2D eigenvalue weighted by molar-refractivity contribution is 7.10. The third-order valence-corrected chi connectivity index (χ3v) is 5.55. The van der Waals surface area contributed by atoms with Gasteiger partial charge in [-0.25, -0.2) is 0 Å². The number of aliphatic hydroxyl groups excluding tert-OH is 1. The van der Waals surface area contributed by atoms with Gasteiger partial charge >= 0.3 is 0 Å². The highest BCUT2D eigenvalue weighted by atomic mass is 32.1. The fourth-order valence-electron chi connectivity index (χ4n) is 3.05. The minimum absolute atomic E-state index is 0.0316. The monoisotopic (exact) mass is 344 g/mol. The van der Waals surface area contributed by atoms with Crippen molar-refractivity contribution >= 4 is 22.9 Å². The predicted molar refractivity (Wildman–Crippen MR) is 98.7 cm³/mol. The first kappa shape index (κ1) is 17.0. The molecule has 128 valence electrons. The van der Waals surface area contributed by atoms with E-state index in [1.54, 1.807) is 11.3 Å². The number of nitrogens with zero attached hydrogens (tertiary/aromatic N) is 1. The standard InChI is InChI=1S/C19H24N2O2S/c1-2-17(18-4-3-13-24-18)20-19(23)14-5-7-15(8-6-14)21-11-9-16(22)10-12-21/h3-8,13,16-17,22H,2,9-12H2,1H3,(H,20,23). The Morgan fingerprint density at radius 2 is 2.00 bits per heavy atom. The largest absolute Gasteiger partial charge is 0.393 e. The summed E-state index contributed by atoms with van der Waals surface area (Å²) in [5.41, 5.74) is 1.80. The minimum Gasteiger partial charge on any atom is -0.393 e. The minimum atomic E-state index is -0.172. The maximum Gasteiger partial charge on any atom is 0.251 e. The van der Waals surface area contributed by atoms with Gasteiger partial charge in [-0.3, -0.25) is 4.79 Å². The Hall–Kier alpha value is -1.85. The fourth-order valence-corrected chi connectivity index (χ4v) is 3.91. The van der Waals surface area contributed by atoms with E-state index in [1.165, 1.54) is 4.88 Å². The molecule has 2 aromatic rings. The van der Waals surface area contributed by atoms with E-state index in [1.807, 2.05) is 35.7 Å². The van der Waals surface area contributed by atoms with Crippen molar-refractivity contribution in [1.82, 2.24) is 5.32 Å². The number of thiophene rings is 1. The van der Waals surface area contributed by atoms with E-state index in [9.17, 15) is 9.90 Å². The smallest absolute Gasteiger partial charge is 0.251 e. The lowest BCUT2D eigenvalue weighted by Crippen LogP contribution is -2.35. The Morgan fingerprint density at radius 3 is 2.58 bits per heavy atom. The molecule has 1 aliphatic heterocycles. The third-order valence-electron chi connectivity index (χ3n) is 4.56. The average Bonchev–Trinajstić information content (AvgIpc) is 3.15. The molecule has 1 amide bonds. The van der Waals surface area contributed by atoms with Crippen LogP contribution >= 0.6 is 11.3 Å². The van der Waals surface area contributed by atoms with Gasteiger partial charge in [0, 0.05) is 29.2 Å². The number of aliphatic hydroxyl groups is 1. The molecule has 1 aromatic carbocycles. The van der Waals surface area contributed by atoms with Crippen LogP contribution in [0.25, 0.3) is 0 Å². The summed E-state index contributed by atoms with van der Waals surface area (Å²) in [6.07, 6.45) is 2.32. The van der Waals surface area contributed by atoms with Crippen molar-refractivity contribution in [2.24, 2.45) is 0 Å². The highest BCUT2D eigenvalue weighted by Gasteiger charge is 2.18. The van der Waals surface area contributed by atoms with Crippen molar-refractivity contribution in [2.75, 3.05) is 18.0 Å². The topological polar surface area (TPSA) is 52.6 Å². The van der Waals surface area contributed by atoms with Crippen LogP contribution in [0.5, 0.6) is 0 Å². The molecule has 1 fully saturated rings. The van der Waals surface area contributed by atoms with Gasteiger partial charge in [-0.2, -0.15) is 0 Å². The molecule has 1 aromatic heterocycles. The Bertz CT molecular complexity index is 647. The molecule has 0 spiro atoms. The molecular formula is C19H24N2O2S. The molecule has 0 saturated carbocycles. The summed E-state index contributed by atoms with van der Waals surface area (Å²) in [4.78, 5) is 15.9. The van der Waals surface area contributed by atoms with Crippen LogP contribution in [0.2, 0.25) is 0 Å². The van der Waals surface area contributed by atoms with Gasteiger partial charge in [-0.05, 0) is 55.0 Å². The van der Waals surface area contributed by atoms with Gasteiger partial charge in [-0.15, -0.1) is 11.3 Å². The number of rotatable bonds is 5. The van der Waals surface area contributed by atoms with Gasteiger partial charge < -0.3 is 15.3 Å².